The zero-order valence-corrected chi connectivity index (χ0v) is 12.2. The molecular formula is C11H10BrN3O3S. The van der Waals surface area contributed by atoms with Crippen LogP contribution in [0.15, 0.2) is 44.8 Å². The van der Waals surface area contributed by atoms with Gasteiger partial charge in [-0.2, -0.15) is 0 Å². The lowest BCUT2D eigenvalue weighted by Gasteiger charge is -2.05. The first kappa shape index (κ1) is 13.8. The van der Waals surface area contributed by atoms with Crippen LogP contribution >= 0.6 is 15.9 Å². The Morgan fingerprint density at radius 1 is 1.26 bits per heavy atom. The molecule has 0 fully saturated rings. The quantitative estimate of drug-likeness (QED) is 0.884. The summed E-state index contributed by atoms with van der Waals surface area (Å²) in [5.41, 5.74) is 0.203. The highest BCUT2D eigenvalue weighted by Gasteiger charge is 2.07. The maximum absolute atomic E-state index is 11.6. The third-order valence-corrected chi connectivity index (χ3v) is 3.83. The van der Waals surface area contributed by atoms with E-state index in [9.17, 15) is 13.2 Å². The molecule has 8 heteroatoms. The number of sulfone groups is 1. The Balaban J connectivity index is 2.27. The van der Waals surface area contributed by atoms with Crippen LogP contribution in [0.25, 0.3) is 0 Å². The van der Waals surface area contributed by atoms with E-state index in [4.69, 9.17) is 0 Å². The molecule has 0 spiro atoms. The third kappa shape index (κ3) is 3.42. The average Bonchev–Trinajstić information content (AvgIpc) is 2.32. The van der Waals surface area contributed by atoms with Crippen LogP contribution < -0.4 is 10.9 Å². The maximum atomic E-state index is 11.6. The molecule has 2 aromatic rings. The Morgan fingerprint density at radius 2 is 1.89 bits per heavy atom. The molecule has 1 heterocycles. The third-order valence-electron chi connectivity index (χ3n) is 2.30. The van der Waals surface area contributed by atoms with Crippen molar-refractivity contribution in [2.45, 2.75) is 4.90 Å². The molecule has 0 saturated carbocycles. The molecule has 0 aliphatic heterocycles. The first-order valence-corrected chi connectivity index (χ1v) is 7.87. The fourth-order valence-electron chi connectivity index (χ4n) is 1.39. The van der Waals surface area contributed by atoms with Gasteiger partial charge in [0.2, 0.25) is 0 Å². The topological polar surface area (TPSA) is 91.9 Å². The number of halogens is 1. The summed E-state index contributed by atoms with van der Waals surface area (Å²) in [6, 6.07) is 6.06. The summed E-state index contributed by atoms with van der Waals surface area (Å²) in [5.74, 6) is 0.135. The van der Waals surface area contributed by atoms with Crippen LogP contribution in [0.5, 0.6) is 0 Å². The predicted octanol–water partition coefficient (Wildman–Crippen LogP) is 1.68. The number of benzene rings is 1. The second kappa shape index (κ2) is 5.14. The lowest BCUT2D eigenvalue weighted by molar-refractivity contribution is 0.602. The molecule has 0 bridgehead atoms. The van der Waals surface area contributed by atoms with E-state index in [1.54, 1.807) is 12.1 Å². The van der Waals surface area contributed by atoms with E-state index < -0.39 is 9.84 Å². The molecule has 2 N–H and O–H groups in total. The van der Waals surface area contributed by atoms with Gasteiger partial charge in [0.25, 0.3) is 5.56 Å². The van der Waals surface area contributed by atoms with Crippen LogP contribution in [0.2, 0.25) is 0 Å². The van der Waals surface area contributed by atoms with E-state index in [2.05, 4.69) is 31.2 Å². The molecule has 0 amide bonds. The van der Waals surface area contributed by atoms with Gasteiger partial charge in [-0.15, -0.1) is 0 Å². The van der Waals surface area contributed by atoms with Crippen LogP contribution in [0.1, 0.15) is 0 Å². The minimum Gasteiger partial charge on any atom is -0.336 e. The van der Waals surface area contributed by atoms with E-state index in [1.807, 2.05) is 0 Å². The van der Waals surface area contributed by atoms with Crippen molar-refractivity contribution in [3.05, 3.63) is 45.4 Å². The van der Waals surface area contributed by atoms with Crippen LogP contribution in [-0.2, 0) is 9.84 Å². The molecule has 1 aromatic carbocycles. The minimum absolute atomic E-state index is 0.135. The lowest BCUT2D eigenvalue weighted by Crippen LogP contribution is -2.13. The Morgan fingerprint density at radius 3 is 2.42 bits per heavy atom. The molecule has 1 aromatic heterocycles. The minimum atomic E-state index is -3.22. The smallest absolute Gasteiger partial charge is 0.291 e. The second-order valence-electron chi connectivity index (χ2n) is 3.83. The summed E-state index contributed by atoms with van der Waals surface area (Å²) >= 11 is 3.10. The first-order valence-electron chi connectivity index (χ1n) is 5.18. The second-order valence-corrected chi connectivity index (χ2v) is 6.70. The highest BCUT2D eigenvalue weighted by molar-refractivity contribution is 9.10. The largest absolute Gasteiger partial charge is 0.336 e. The number of aromatic nitrogens is 2. The fraction of sp³-hybridized carbons (Fsp3) is 0.0909. The monoisotopic (exact) mass is 343 g/mol. The van der Waals surface area contributed by atoms with Crippen molar-refractivity contribution >= 4 is 37.3 Å². The van der Waals surface area contributed by atoms with Gasteiger partial charge in [-0.25, -0.2) is 13.4 Å². The van der Waals surface area contributed by atoms with Crippen molar-refractivity contribution in [3.8, 4) is 0 Å². The normalized spacial score (nSPS) is 11.3. The highest BCUT2D eigenvalue weighted by atomic mass is 79.9. The molecule has 0 unspecified atom stereocenters. The van der Waals surface area contributed by atoms with E-state index in [1.165, 1.54) is 18.3 Å². The molecule has 0 radical (unpaired) electrons. The van der Waals surface area contributed by atoms with E-state index >= 15 is 0 Å². The molecule has 19 heavy (non-hydrogen) atoms. The fourth-order valence-corrected chi connectivity index (χ4v) is 2.30. The molecule has 6 nitrogen and oxygen atoms in total. The van der Waals surface area contributed by atoms with Crippen molar-refractivity contribution in [1.82, 2.24) is 9.97 Å². The maximum Gasteiger partial charge on any atom is 0.291 e. The van der Waals surface area contributed by atoms with Crippen molar-refractivity contribution in [1.29, 1.82) is 0 Å². The summed E-state index contributed by atoms with van der Waals surface area (Å²) in [6.07, 6.45) is 2.59. The number of rotatable bonds is 3. The SMILES string of the molecule is CS(=O)(=O)c1ccc(Nc2ncc(Br)[nH]c2=O)cc1. The van der Waals surface area contributed by atoms with Gasteiger partial charge in [0.05, 0.1) is 11.1 Å². The van der Waals surface area contributed by atoms with Gasteiger partial charge in [-0.3, -0.25) is 4.79 Å². The van der Waals surface area contributed by atoms with E-state index in [0.29, 0.717) is 10.3 Å². The molecule has 0 saturated heterocycles. The van der Waals surface area contributed by atoms with E-state index in [-0.39, 0.29) is 16.3 Å². The standard InChI is InChI=1S/C11H10BrN3O3S/c1-19(17,18)8-4-2-7(3-5-8)14-10-11(16)15-9(12)6-13-10/h2-6H,1H3,(H,13,14)(H,15,16). The molecule has 0 aliphatic rings. The summed E-state index contributed by atoms with van der Waals surface area (Å²) in [5, 5.41) is 2.81. The number of anilines is 2. The summed E-state index contributed by atoms with van der Waals surface area (Å²) < 4.78 is 23.1. The Hall–Kier alpha value is -1.67. The zero-order valence-electron chi connectivity index (χ0n) is 9.84. The highest BCUT2D eigenvalue weighted by Crippen LogP contribution is 2.16. The van der Waals surface area contributed by atoms with Gasteiger partial charge in [-0.1, -0.05) is 0 Å². The molecule has 0 atom stereocenters. The van der Waals surface area contributed by atoms with Gasteiger partial charge in [-0.05, 0) is 40.2 Å². The average molecular weight is 344 g/mol. The number of hydrogen-bond acceptors (Lipinski definition) is 5. The number of hydrogen-bond donors (Lipinski definition) is 2. The Labute approximate surface area is 117 Å². The number of aromatic amines is 1. The molecule has 100 valence electrons. The summed E-state index contributed by atoms with van der Waals surface area (Å²) in [6.45, 7) is 0. The van der Waals surface area contributed by atoms with Crippen LogP contribution in [0.3, 0.4) is 0 Å². The lowest BCUT2D eigenvalue weighted by atomic mass is 10.3. The number of nitrogens with zero attached hydrogens (tertiary/aromatic N) is 1. The van der Waals surface area contributed by atoms with Crippen molar-refractivity contribution < 1.29 is 8.42 Å². The van der Waals surface area contributed by atoms with Crippen molar-refractivity contribution in [2.24, 2.45) is 0 Å². The number of H-pyrrole nitrogens is 1. The van der Waals surface area contributed by atoms with Crippen LogP contribution in [0.4, 0.5) is 11.5 Å². The predicted molar refractivity (Wildman–Crippen MR) is 75.4 cm³/mol. The summed E-state index contributed by atoms with van der Waals surface area (Å²) in [4.78, 5) is 18.2. The number of nitrogens with one attached hydrogen (secondary N) is 2. The van der Waals surface area contributed by atoms with Gasteiger partial charge in [0.1, 0.15) is 4.60 Å². The van der Waals surface area contributed by atoms with Crippen LogP contribution in [0, 0.1) is 0 Å². The molecule has 0 aliphatic carbocycles. The first-order chi connectivity index (χ1) is 8.86. The van der Waals surface area contributed by atoms with Crippen LogP contribution in [-0.4, -0.2) is 24.6 Å². The molecular weight excluding hydrogens is 334 g/mol. The van der Waals surface area contributed by atoms with Gasteiger partial charge >= 0.3 is 0 Å². The summed E-state index contributed by atoms with van der Waals surface area (Å²) in [7, 11) is -3.22. The molecule has 2 rings (SSSR count). The van der Waals surface area contributed by atoms with Gasteiger partial charge in [0, 0.05) is 11.9 Å². The van der Waals surface area contributed by atoms with Gasteiger partial charge < -0.3 is 10.3 Å². The van der Waals surface area contributed by atoms with Crippen molar-refractivity contribution in [2.75, 3.05) is 11.6 Å². The Bertz CT molecular complexity index is 754. The van der Waals surface area contributed by atoms with Gasteiger partial charge in [0.15, 0.2) is 15.7 Å². The Kier molecular flexibility index (Phi) is 3.72. The van der Waals surface area contributed by atoms with Crippen molar-refractivity contribution in [3.63, 3.8) is 0 Å². The zero-order chi connectivity index (χ0) is 14.0. The van der Waals surface area contributed by atoms with E-state index in [0.717, 1.165) is 6.26 Å².